The summed E-state index contributed by atoms with van der Waals surface area (Å²) in [6.07, 6.45) is 0. The molecule has 0 radical (unpaired) electrons. The highest BCUT2D eigenvalue weighted by molar-refractivity contribution is 6.34. The third-order valence-corrected chi connectivity index (χ3v) is 4.20. The molecule has 4 rings (SSSR count). The van der Waals surface area contributed by atoms with Gasteiger partial charge < -0.3 is 9.73 Å². The average Bonchev–Trinajstić information content (AvgIpc) is 2.96. The van der Waals surface area contributed by atoms with Gasteiger partial charge in [-0.05, 0) is 36.4 Å². The number of furan rings is 1. The number of nitrogens with one attached hydrogen (secondary N) is 1. The van der Waals surface area contributed by atoms with Crippen molar-refractivity contribution in [3.63, 3.8) is 0 Å². The van der Waals surface area contributed by atoms with E-state index in [2.05, 4.69) is 5.32 Å². The molecule has 25 heavy (non-hydrogen) atoms. The van der Waals surface area contributed by atoms with Crippen LogP contribution in [0.15, 0.2) is 59.0 Å². The molecular weight excluding hydrogens is 348 g/mol. The van der Waals surface area contributed by atoms with E-state index in [0.717, 1.165) is 28.5 Å². The molecule has 1 aromatic heterocycles. The lowest BCUT2D eigenvalue weighted by molar-refractivity contribution is 0.102. The summed E-state index contributed by atoms with van der Waals surface area (Å²) in [4.78, 5) is 12.3. The van der Waals surface area contributed by atoms with E-state index in [-0.39, 0.29) is 10.6 Å². The summed E-state index contributed by atoms with van der Waals surface area (Å²) in [6, 6.07) is 14.2. The molecular formula is C19H10ClF2NO2. The average molecular weight is 358 g/mol. The summed E-state index contributed by atoms with van der Waals surface area (Å²) in [6.45, 7) is 0. The van der Waals surface area contributed by atoms with Crippen LogP contribution < -0.4 is 5.32 Å². The predicted octanol–water partition coefficient (Wildman–Crippen LogP) is 5.77. The van der Waals surface area contributed by atoms with Crippen LogP contribution in [-0.4, -0.2) is 5.91 Å². The van der Waals surface area contributed by atoms with Gasteiger partial charge in [-0.15, -0.1) is 0 Å². The van der Waals surface area contributed by atoms with Crippen molar-refractivity contribution in [2.75, 3.05) is 5.32 Å². The van der Waals surface area contributed by atoms with E-state index in [1.807, 2.05) is 24.3 Å². The highest BCUT2D eigenvalue weighted by Crippen LogP contribution is 2.31. The molecule has 0 fully saturated rings. The number of rotatable bonds is 2. The van der Waals surface area contributed by atoms with Crippen molar-refractivity contribution in [1.82, 2.24) is 0 Å². The third-order valence-electron chi connectivity index (χ3n) is 3.89. The van der Waals surface area contributed by atoms with E-state index in [4.69, 9.17) is 16.0 Å². The fourth-order valence-corrected chi connectivity index (χ4v) is 2.94. The molecule has 0 unspecified atom stereocenters. The maximum atomic E-state index is 13.4. The summed E-state index contributed by atoms with van der Waals surface area (Å²) >= 11 is 5.84. The third kappa shape index (κ3) is 2.72. The first-order chi connectivity index (χ1) is 12.0. The maximum Gasteiger partial charge on any atom is 0.257 e. The first-order valence-corrected chi connectivity index (χ1v) is 7.78. The molecule has 0 saturated carbocycles. The number of halogens is 3. The highest BCUT2D eigenvalue weighted by atomic mass is 35.5. The minimum absolute atomic E-state index is 0.141. The number of benzene rings is 3. The van der Waals surface area contributed by atoms with E-state index < -0.39 is 17.5 Å². The second-order valence-corrected chi connectivity index (χ2v) is 5.92. The van der Waals surface area contributed by atoms with Gasteiger partial charge in [0.05, 0.1) is 10.6 Å². The second kappa shape index (κ2) is 5.86. The molecule has 1 amide bonds. The quantitative estimate of drug-likeness (QED) is 0.463. The zero-order chi connectivity index (χ0) is 17.6. The SMILES string of the molecule is O=C(Nc1ccc2oc3ccccc3c2c1)c1cc(F)c(F)cc1Cl. The Bertz CT molecular complexity index is 1140. The van der Waals surface area contributed by atoms with Crippen LogP contribution in [0.5, 0.6) is 0 Å². The van der Waals surface area contributed by atoms with Crippen LogP contribution in [0.3, 0.4) is 0 Å². The highest BCUT2D eigenvalue weighted by Gasteiger charge is 2.16. The van der Waals surface area contributed by atoms with Gasteiger partial charge in [-0.25, -0.2) is 8.78 Å². The lowest BCUT2D eigenvalue weighted by Crippen LogP contribution is -2.13. The van der Waals surface area contributed by atoms with Gasteiger partial charge in [0.2, 0.25) is 0 Å². The van der Waals surface area contributed by atoms with Crippen molar-refractivity contribution >= 4 is 45.1 Å². The molecule has 0 saturated heterocycles. The topological polar surface area (TPSA) is 42.2 Å². The number of hydrogen-bond donors (Lipinski definition) is 1. The van der Waals surface area contributed by atoms with E-state index in [0.29, 0.717) is 11.3 Å². The molecule has 0 spiro atoms. The fourth-order valence-electron chi connectivity index (χ4n) is 2.70. The number of amides is 1. The molecule has 0 atom stereocenters. The number of hydrogen-bond acceptors (Lipinski definition) is 2. The van der Waals surface area contributed by atoms with Crippen LogP contribution in [0.2, 0.25) is 5.02 Å². The van der Waals surface area contributed by atoms with Crippen molar-refractivity contribution in [3.05, 3.63) is 76.8 Å². The van der Waals surface area contributed by atoms with Crippen LogP contribution in [0.1, 0.15) is 10.4 Å². The number of anilines is 1. The Morgan fingerprint density at radius 1 is 0.920 bits per heavy atom. The summed E-state index contributed by atoms with van der Waals surface area (Å²) in [5, 5.41) is 4.23. The second-order valence-electron chi connectivity index (χ2n) is 5.51. The molecule has 0 aliphatic rings. The monoisotopic (exact) mass is 357 g/mol. The first-order valence-electron chi connectivity index (χ1n) is 7.40. The molecule has 0 aliphatic carbocycles. The Morgan fingerprint density at radius 2 is 1.64 bits per heavy atom. The standard InChI is InChI=1S/C19H10ClF2NO2/c20-14-9-16(22)15(21)8-13(14)19(24)23-10-5-6-18-12(7-10)11-3-1-2-4-17(11)25-18/h1-9H,(H,23,24). The van der Waals surface area contributed by atoms with E-state index in [1.54, 1.807) is 18.2 Å². The van der Waals surface area contributed by atoms with E-state index in [1.165, 1.54) is 0 Å². The molecule has 0 aliphatic heterocycles. The molecule has 3 aromatic carbocycles. The molecule has 3 nitrogen and oxygen atoms in total. The Balaban J connectivity index is 1.72. The first kappa shape index (κ1) is 15.6. The van der Waals surface area contributed by atoms with Gasteiger partial charge in [0.25, 0.3) is 5.91 Å². The van der Waals surface area contributed by atoms with Crippen molar-refractivity contribution in [2.45, 2.75) is 0 Å². The number of para-hydroxylation sites is 1. The van der Waals surface area contributed by atoms with E-state index in [9.17, 15) is 13.6 Å². The van der Waals surface area contributed by atoms with Gasteiger partial charge in [-0.3, -0.25) is 4.79 Å². The largest absolute Gasteiger partial charge is 0.456 e. The summed E-state index contributed by atoms with van der Waals surface area (Å²) in [5.41, 5.74) is 1.78. The molecule has 1 N–H and O–H groups in total. The summed E-state index contributed by atoms with van der Waals surface area (Å²) < 4.78 is 32.2. The molecule has 124 valence electrons. The molecule has 4 aromatic rings. The van der Waals surface area contributed by atoms with Gasteiger partial charge in [0, 0.05) is 16.5 Å². The van der Waals surface area contributed by atoms with Crippen LogP contribution in [0, 0.1) is 11.6 Å². The van der Waals surface area contributed by atoms with Crippen LogP contribution >= 0.6 is 11.6 Å². The van der Waals surface area contributed by atoms with E-state index >= 15 is 0 Å². The summed E-state index contributed by atoms with van der Waals surface area (Å²) in [7, 11) is 0. The van der Waals surface area contributed by atoms with Gasteiger partial charge in [-0.2, -0.15) is 0 Å². The van der Waals surface area contributed by atoms with Crippen molar-refractivity contribution < 1.29 is 18.0 Å². The maximum absolute atomic E-state index is 13.4. The van der Waals surface area contributed by atoms with Crippen LogP contribution in [0.4, 0.5) is 14.5 Å². The number of fused-ring (bicyclic) bond motifs is 3. The number of carbonyl (C=O) groups excluding carboxylic acids is 1. The van der Waals surface area contributed by atoms with Crippen LogP contribution in [0.25, 0.3) is 21.9 Å². The molecule has 1 heterocycles. The lowest BCUT2D eigenvalue weighted by Gasteiger charge is -2.07. The Morgan fingerprint density at radius 3 is 2.48 bits per heavy atom. The molecule has 6 heteroatoms. The fraction of sp³-hybridized carbons (Fsp3) is 0. The lowest BCUT2D eigenvalue weighted by atomic mass is 10.1. The zero-order valence-corrected chi connectivity index (χ0v) is 13.4. The van der Waals surface area contributed by atoms with Gasteiger partial charge >= 0.3 is 0 Å². The number of carbonyl (C=O) groups is 1. The minimum atomic E-state index is -1.13. The van der Waals surface area contributed by atoms with Crippen LogP contribution in [-0.2, 0) is 0 Å². The van der Waals surface area contributed by atoms with Gasteiger partial charge in [0.15, 0.2) is 11.6 Å². The van der Waals surface area contributed by atoms with Crippen molar-refractivity contribution in [3.8, 4) is 0 Å². The molecule has 0 bridgehead atoms. The predicted molar refractivity (Wildman–Crippen MR) is 93.0 cm³/mol. The van der Waals surface area contributed by atoms with Crippen molar-refractivity contribution in [2.24, 2.45) is 0 Å². The van der Waals surface area contributed by atoms with Crippen molar-refractivity contribution in [1.29, 1.82) is 0 Å². The Labute approximate surface area is 145 Å². The minimum Gasteiger partial charge on any atom is -0.456 e. The van der Waals surface area contributed by atoms with Gasteiger partial charge in [0.1, 0.15) is 11.2 Å². The normalized spacial score (nSPS) is 11.2. The smallest absolute Gasteiger partial charge is 0.257 e. The zero-order valence-electron chi connectivity index (χ0n) is 12.6. The Kier molecular flexibility index (Phi) is 3.66. The van der Waals surface area contributed by atoms with Gasteiger partial charge in [-0.1, -0.05) is 29.8 Å². The Hall–Kier alpha value is -2.92. The summed E-state index contributed by atoms with van der Waals surface area (Å²) in [5.74, 6) is -2.87.